The Labute approximate surface area is 180 Å². The van der Waals surface area contributed by atoms with E-state index in [0.29, 0.717) is 25.2 Å². The van der Waals surface area contributed by atoms with Gasteiger partial charge in [-0.25, -0.2) is 0 Å². The van der Waals surface area contributed by atoms with E-state index in [1.807, 2.05) is 13.0 Å². The van der Waals surface area contributed by atoms with Gasteiger partial charge in [0.25, 0.3) is 0 Å². The molecule has 0 bridgehead atoms. The number of nitrogens with one attached hydrogen (secondary N) is 1. The molecule has 4 heteroatoms. The molecule has 3 unspecified atom stereocenters. The quantitative estimate of drug-likeness (QED) is 0.616. The van der Waals surface area contributed by atoms with E-state index in [2.05, 4.69) is 47.8 Å². The first kappa shape index (κ1) is 21.4. The van der Waals surface area contributed by atoms with Gasteiger partial charge in [-0.1, -0.05) is 61.7 Å². The first-order valence-corrected chi connectivity index (χ1v) is 11.6. The molecule has 0 radical (unpaired) electrons. The van der Waals surface area contributed by atoms with Crippen molar-refractivity contribution < 1.29 is 14.6 Å². The molecule has 0 saturated heterocycles. The largest absolute Gasteiger partial charge is 0.489 e. The molecule has 1 aliphatic heterocycles. The van der Waals surface area contributed by atoms with Crippen molar-refractivity contribution in [1.82, 2.24) is 5.32 Å². The third kappa shape index (κ3) is 5.23. The topological polar surface area (TPSA) is 50.7 Å². The van der Waals surface area contributed by atoms with E-state index in [1.54, 1.807) is 0 Å². The first-order chi connectivity index (χ1) is 14.7. The van der Waals surface area contributed by atoms with E-state index in [-0.39, 0.29) is 6.10 Å². The molecule has 2 aromatic carbocycles. The summed E-state index contributed by atoms with van der Waals surface area (Å²) in [4.78, 5) is 0. The maximum Gasteiger partial charge on any atom is 0.123 e. The van der Waals surface area contributed by atoms with Gasteiger partial charge in [-0.15, -0.1) is 0 Å². The van der Waals surface area contributed by atoms with Crippen LogP contribution in [0.1, 0.15) is 68.1 Å². The van der Waals surface area contributed by atoms with Crippen LogP contribution in [0.25, 0.3) is 0 Å². The lowest BCUT2D eigenvalue weighted by Crippen LogP contribution is -2.39. The second-order valence-corrected chi connectivity index (χ2v) is 8.74. The SMILES string of the molecule is CC(OC1CCCCC1)C(O)CNCCC1c2ccccc2COc2ccccc21. The molecule has 0 amide bonds. The van der Waals surface area contributed by atoms with Crippen molar-refractivity contribution in [2.24, 2.45) is 0 Å². The maximum absolute atomic E-state index is 10.5. The predicted octanol–water partition coefficient (Wildman–Crippen LogP) is 4.79. The van der Waals surface area contributed by atoms with E-state index >= 15 is 0 Å². The molecular formula is C26H35NO3. The van der Waals surface area contributed by atoms with Crippen LogP contribution < -0.4 is 10.1 Å². The Morgan fingerprint density at radius 1 is 1.03 bits per heavy atom. The molecule has 3 atom stereocenters. The van der Waals surface area contributed by atoms with E-state index < -0.39 is 6.10 Å². The molecule has 0 spiro atoms. The maximum atomic E-state index is 10.5. The van der Waals surface area contributed by atoms with Crippen LogP contribution >= 0.6 is 0 Å². The molecule has 1 saturated carbocycles. The lowest BCUT2D eigenvalue weighted by molar-refractivity contribution is -0.0769. The highest BCUT2D eigenvalue weighted by Crippen LogP contribution is 2.38. The third-order valence-electron chi connectivity index (χ3n) is 6.57. The number of aliphatic hydroxyl groups excluding tert-OH is 1. The molecule has 1 fully saturated rings. The Balaban J connectivity index is 1.32. The number of fused-ring (bicyclic) bond motifs is 2. The van der Waals surface area contributed by atoms with Crippen molar-refractivity contribution in [2.75, 3.05) is 13.1 Å². The van der Waals surface area contributed by atoms with Crippen LogP contribution in [0.15, 0.2) is 48.5 Å². The zero-order chi connectivity index (χ0) is 20.8. The van der Waals surface area contributed by atoms with E-state index in [1.165, 1.54) is 36.0 Å². The summed E-state index contributed by atoms with van der Waals surface area (Å²) in [7, 11) is 0. The van der Waals surface area contributed by atoms with E-state index in [4.69, 9.17) is 9.47 Å². The van der Waals surface area contributed by atoms with Crippen LogP contribution in [0.4, 0.5) is 0 Å². The van der Waals surface area contributed by atoms with Crippen molar-refractivity contribution in [2.45, 2.75) is 76.3 Å². The Morgan fingerprint density at radius 2 is 1.77 bits per heavy atom. The Hall–Kier alpha value is -1.88. The fraction of sp³-hybridized carbons (Fsp3) is 0.538. The van der Waals surface area contributed by atoms with Crippen LogP contribution in [-0.4, -0.2) is 36.5 Å². The third-order valence-corrected chi connectivity index (χ3v) is 6.57. The predicted molar refractivity (Wildman–Crippen MR) is 120 cm³/mol. The van der Waals surface area contributed by atoms with Gasteiger partial charge in [0.1, 0.15) is 12.4 Å². The number of benzene rings is 2. The molecule has 30 heavy (non-hydrogen) atoms. The zero-order valence-corrected chi connectivity index (χ0v) is 18.1. The number of hydrogen-bond acceptors (Lipinski definition) is 4. The second-order valence-electron chi connectivity index (χ2n) is 8.74. The summed E-state index contributed by atoms with van der Waals surface area (Å²) in [6.45, 7) is 4.00. The van der Waals surface area contributed by atoms with Gasteiger partial charge in [-0.05, 0) is 49.9 Å². The fourth-order valence-corrected chi connectivity index (χ4v) is 4.80. The van der Waals surface area contributed by atoms with E-state index in [9.17, 15) is 5.11 Å². The summed E-state index contributed by atoms with van der Waals surface area (Å²) in [5.74, 6) is 1.27. The molecule has 0 aromatic heterocycles. The lowest BCUT2D eigenvalue weighted by Gasteiger charge is -2.28. The molecule has 4 rings (SSSR count). The minimum Gasteiger partial charge on any atom is -0.489 e. The first-order valence-electron chi connectivity index (χ1n) is 11.6. The normalized spacial score (nSPS) is 21.1. The standard InChI is InChI=1S/C26H35NO3/c1-19(30-21-10-3-2-4-11-21)25(28)17-27-16-15-23-22-12-6-5-9-20(22)18-29-26-14-8-7-13-24(23)26/h5-9,12-14,19,21,23,25,27-28H,2-4,10-11,15-18H2,1H3. The summed E-state index contributed by atoms with van der Waals surface area (Å²) < 4.78 is 12.2. The Bertz CT molecular complexity index is 755. The van der Waals surface area contributed by atoms with Crippen molar-refractivity contribution in [3.05, 3.63) is 65.2 Å². The molecular weight excluding hydrogens is 374 g/mol. The minimum absolute atomic E-state index is 0.131. The summed E-state index contributed by atoms with van der Waals surface area (Å²) in [5.41, 5.74) is 3.85. The molecule has 162 valence electrons. The molecule has 2 N–H and O–H groups in total. The lowest BCUT2D eigenvalue weighted by atomic mass is 9.86. The summed E-state index contributed by atoms with van der Waals surface area (Å²) in [6.07, 6.45) is 6.75. The summed E-state index contributed by atoms with van der Waals surface area (Å²) in [6, 6.07) is 16.9. The molecule has 1 aliphatic carbocycles. The minimum atomic E-state index is -0.482. The van der Waals surface area contributed by atoms with Crippen molar-refractivity contribution in [3.8, 4) is 5.75 Å². The molecule has 2 aromatic rings. The number of aliphatic hydroxyl groups is 1. The molecule has 2 aliphatic rings. The highest BCUT2D eigenvalue weighted by atomic mass is 16.5. The van der Waals surface area contributed by atoms with Gasteiger partial charge >= 0.3 is 0 Å². The second kappa shape index (κ2) is 10.4. The smallest absolute Gasteiger partial charge is 0.123 e. The van der Waals surface area contributed by atoms with Gasteiger partial charge in [-0.2, -0.15) is 0 Å². The summed E-state index contributed by atoms with van der Waals surface area (Å²) in [5, 5.41) is 14.0. The van der Waals surface area contributed by atoms with Gasteiger partial charge in [0.2, 0.25) is 0 Å². The Kier molecular flexibility index (Phi) is 7.42. The van der Waals surface area contributed by atoms with Gasteiger partial charge in [-0.3, -0.25) is 0 Å². The highest BCUT2D eigenvalue weighted by Gasteiger charge is 2.25. The molecule has 1 heterocycles. The van der Waals surface area contributed by atoms with Crippen molar-refractivity contribution in [1.29, 1.82) is 0 Å². The van der Waals surface area contributed by atoms with Gasteiger partial charge < -0.3 is 19.9 Å². The van der Waals surface area contributed by atoms with Crippen LogP contribution in [0.5, 0.6) is 5.75 Å². The average molecular weight is 410 g/mol. The molecule has 4 nitrogen and oxygen atoms in total. The monoisotopic (exact) mass is 409 g/mol. The van der Waals surface area contributed by atoms with Crippen LogP contribution in [0, 0.1) is 0 Å². The summed E-state index contributed by atoms with van der Waals surface area (Å²) >= 11 is 0. The van der Waals surface area contributed by atoms with Crippen molar-refractivity contribution in [3.63, 3.8) is 0 Å². The number of rotatable bonds is 8. The van der Waals surface area contributed by atoms with Gasteiger partial charge in [0.15, 0.2) is 0 Å². The van der Waals surface area contributed by atoms with Crippen LogP contribution in [0.2, 0.25) is 0 Å². The Morgan fingerprint density at radius 3 is 2.60 bits per heavy atom. The van der Waals surface area contributed by atoms with Crippen LogP contribution in [0.3, 0.4) is 0 Å². The van der Waals surface area contributed by atoms with Gasteiger partial charge in [0.05, 0.1) is 18.3 Å². The zero-order valence-electron chi connectivity index (χ0n) is 18.1. The van der Waals surface area contributed by atoms with Gasteiger partial charge in [0, 0.05) is 18.0 Å². The fourth-order valence-electron chi connectivity index (χ4n) is 4.80. The number of hydrogen-bond donors (Lipinski definition) is 2. The number of para-hydroxylation sites is 1. The average Bonchev–Trinajstić information content (AvgIpc) is 2.94. The van der Waals surface area contributed by atoms with Crippen LogP contribution in [-0.2, 0) is 11.3 Å². The van der Waals surface area contributed by atoms with Crippen molar-refractivity contribution >= 4 is 0 Å². The highest BCUT2D eigenvalue weighted by molar-refractivity contribution is 5.46. The number of ether oxygens (including phenoxy) is 2. The van der Waals surface area contributed by atoms with E-state index in [0.717, 1.165) is 31.6 Å².